The molecule has 0 saturated heterocycles. The van der Waals surface area contributed by atoms with E-state index in [0.29, 0.717) is 31.3 Å². The lowest BCUT2D eigenvalue weighted by atomic mass is 10.1. The van der Waals surface area contributed by atoms with Crippen LogP contribution in [0, 0.1) is 0 Å². The van der Waals surface area contributed by atoms with Crippen LogP contribution in [-0.2, 0) is 9.47 Å². The number of nitrogen functional groups attached to an aromatic ring is 1. The minimum Gasteiger partial charge on any atom is -0.489 e. The summed E-state index contributed by atoms with van der Waals surface area (Å²) in [5, 5.41) is 0. The monoisotopic (exact) mass is 253 g/mol. The van der Waals surface area contributed by atoms with Crippen LogP contribution in [0.3, 0.4) is 0 Å². The quantitative estimate of drug-likeness (QED) is 0.571. The summed E-state index contributed by atoms with van der Waals surface area (Å²) in [4.78, 5) is 0. The molecule has 0 heterocycles. The van der Waals surface area contributed by atoms with E-state index in [1.165, 1.54) is 0 Å². The van der Waals surface area contributed by atoms with Gasteiger partial charge in [-0.2, -0.15) is 0 Å². The van der Waals surface area contributed by atoms with Crippen molar-refractivity contribution in [2.45, 2.75) is 25.9 Å². The van der Waals surface area contributed by atoms with Crippen molar-refractivity contribution in [1.82, 2.24) is 0 Å². The molecular weight excluding hydrogens is 230 g/mol. The molecule has 1 rings (SSSR count). The molecule has 0 saturated carbocycles. The van der Waals surface area contributed by atoms with Crippen molar-refractivity contribution in [3.8, 4) is 5.75 Å². The highest BCUT2D eigenvalue weighted by atomic mass is 16.5. The third kappa shape index (κ3) is 5.38. The maximum absolute atomic E-state index is 5.75. The highest BCUT2D eigenvalue weighted by Gasteiger charge is 2.15. The number of hydrogen-bond donors (Lipinski definition) is 1. The van der Waals surface area contributed by atoms with Crippen molar-refractivity contribution in [2.24, 2.45) is 0 Å². The molecule has 0 fully saturated rings. The molecule has 1 aromatic carbocycles. The van der Waals surface area contributed by atoms with Crippen molar-refractivity contribution in [2.75, 3.05) is 32.7 Å². The number of ether oxygens (including phenoxy) is 3. The van der Waals surface area contributed by atoms with Crippen molar-refractivity contribution in [3.63, 3.8) is 0 Å². The molecule has 0 radical (unpaired) electrons. The second-order valence-electron chi connectivity index (χ2n) is 4.71. The molecule has 0 aliphatic carbocycles. The summed E-state index contributed by atoms with van der Waals surface area (Å²) in [6.45, 7) is 5.79. The molecule has 0 amide bonds. The Labute approximate surface area is 109 Å². The van der Waals surface area contributed by atoms with Gasteiger partial charge in [-0.15, -0.1) is 0 Å². The summed E-state index contributed by atoms with van der Waals surface area (Å²) in [6.07, 6.45) is 0.858. The van der Waals surface area contributed by atoms with E-state index in [4.69, 9.17) is 19.9 Å². The van der Waals surface area contributed by atoms with Gasteiger partial charge in [0.2, 0.25) is 0 Å². The van der Waals surface area contributed by atoms with E-state index in [-0.39, 0.29) is 5.60 Å². The lowest BCUT2D eigenvalue weighted by Crippen LogP contribution is -2.24. The lowest BCUT2D eigenvalue weighted by Gasteiger charge is -2.22. The van der Waals surface area contributed by atoms with Crippen LogP contribution >= 0.6 is 0 Å². The van der Waals surface area contributed by atoms with Crippen molar-refractivity contribution >= 4 is 5.69 Å². The first kappa shape index (κ1) is 14.8. The Hall–Kier alpha value is -1.26. The van der Waals surface area contributed by atoms with E-state index in [9.17, 15) is 0 Å². The number of methoxy groups -OCH3 is 1. The number of nitrogens with two attached hydrogens (primary N) is 1. The maximum atomic E-state index is 5.75. The maximum Gasteiger partial charge on any atom is 0.142 e. The van der Waals surface area contributed by atoms with Crippen molar-refractivity contribution in [1.29, 1.82) is 0 Å². The molecule has 4 heteroatoms. The Balaban J connectivity index is 2.11. The van der Waals surface area contributed by atoms with Crippen molar-refractivity contribution < 1.29 is 14.2 Å². The summed E-state index contributed by atoms with van der Waals surface area (Å²) in [7, 11) is 1.71. The van der Waals surface area contributed by atoms with Gasteiger partial charge in [0.05, 0.1) is 17.9 Å². The molecule has 0 atom stereocenters. The van der Waals surface area contributed by atoms with Gasteiger partial charge in [0.25, 0.3) is 0 Å². The third-order valence-electron chi connectivity index (χ3n) is 2.81. The molecule has 102 valence electrons. The van der Waals surface area contributed by atoms with Gasteiger partial charge in [0.15, 0.2) is 0 Å². The van der Waals surface area contributed by atoms with Crippen LogP contribution in [0.15, 0.2) is 24.3 Å². The molecule has 1 aromatic rings. The Morgan fingerprint density at radius 3 is 2.50 bits per heavy atom. The van der Waals surface area contributed by atoms with Crippen LogP contribution in [-0.4, -0.2) is 32.5 Å². The average molecular weight is 253 g/mol. The molecule has 0 aliphatic heterocycles. The van der Waals surface area contributed by atoms with E-state index in [1.807, 2.05) is 38.1 Å². The van der Waals surface area contributed by atoms with E-state index in [2.05, 4.69) is 0 Å². The zero-order valence-corrected chi connectivity index (χ0v) is 11.4. The summed E-state index contributed by atoms with van der Waals surface area (Å²) in [6, 6.07) is 7.44. The van der Waals surface area contributed by atoms with Gasteiger partial charge in [0, 0.05) is 13.7 Å². The normalized spacial score (nSPS) is 11.5. The van der Waals surface area contributed by atoms with Gasteiger partial charge < -0.3 is 19.9 Å². The molecule has 4 nitrogen and oxygen atoms in total. The Kier molecular flexibility index (Phi) is 5.95. The fraction of sp³-hybridized carbons (Fsp3) is 0.571. The predicted molar refractivity (Wildman–Crippen MR) is 72.9 cm³/mol. The third-order valence-corrected chi connectivity index (χ3v) is 2.81. The number of anilines is 1. The van der Waals surface area contributed by atoms with Gasteiger partial charge >= 0.3 is 0 Å². The summed E-state index contributed by atoms with van der Waals surface area (Å²) >= 11 is 0. The summed E-state index contributed by atoms with van der Waals surface area (Å²) in [5.74, 6) is 0.707. The Morgan fingerprint density at radius 1 is 1.11 bits per heavy atom. The first-order valence-electron chi connectivity index (χ1n) is 6.15. The molecule has 0 spiro atoms. The smallest absolute Gasteiger partial charge is 0.142 e. The predicted octanol–water partition coefficient (Wildman–Crippen LogP) is 2.48. The van der Waals surface area contributed by atoms with Crippen LogP contribution in [0.5, 0.6) is 5.75 Å². The van der Waals surface area contributed by atoms with E-state index in [1.54, 1.807) is 7.11 Å². The highest BCUT2D eigenvalue weighted by Crippen LogP contribution is 2.19. The average Bonchev–Trinajstić information content (AvgIpc) is 2.35. The van der Waals surface area contributed by atoms with Gasteiger partial charge in [-0.25, -0.2) is 0 Å². The second kappa shape index (κ2) is 7.24. The molecule has 0 aliphatic rings. The van der Waals surface area contributed by atoms with Crippen molar-refractivity contribution in [3.05, 3.63) is 24.3 Å². The van der Waals surface area contributed by atoms with Crippen LogP contribution in [0.4, 0.5) is 5.69 Å². The van der Waals surface area contributed by atoms with E-state index < -0.39 is 0 Å². The molecule has 0 aromatic heterocycles. The zero-order chi connectivity index (χ0) is 13.4. The minimum atomic E-state index is -0.134. The SMILES string of the molecule is COC(C)(C)CCOCCOc1ccccc1N. The standard InChI is InChI=1S/C14H23NO3/c1-14(2,16-3)8-9-17-10-11-18-13-7-5-4-6-12(13)15/h4-7H,8-11,15H2,1-3H3. The molecule has 0 bridgehead atoms. The first-order chi connectivity index (χ1) is 8.55. The highest BCUT2D eigenvalue weighted by molar-refractivity contribution is 5.51. The Morgan fingerprint density at radius 2 is 1.83 bits per heavy atom. The van der Waals surface area contributed by atoms with Gasteiger partial charge in [-0.1, -0.05) is 12.1 Å². The van der Waals surface area contributed by atoms with Crippen LogP contribution in [0.2, 0.25) is 0 Å². The molecule has 18 heavy (non-hydrogen) atoms. The van der Waals surface area contributed by atoms with Crippen LogP contribution < -0.4 is 10.5 Å². The minimum absolute atomic E-state index is 0.134. The molecular formula is C14H23NO3. The second-order valence-corrected chi connectivity index (χ2v) is 4.71. The largest absolute Gasteiger partial charge is 0.489 e. The zero-order valence-electron chi connectivity index (χ0n) is 11.4. The lowest BCUT2D eigenvalue weighted by molar-refractivity contribution is -0.0128. The topological polar surface area (TPSA) is 53.7 Å². The van der Waals surface area contributed by atoms with Gasteiger partial charge in [-0.3, -0.25) is 0 Å². The summed E-state index contributed by atoms with van der Waals surface area (Å²) in [5.41, 5.74) is 6.27. The van der Waals surface area contributed by atoms with Gasteiger partial charge in [0.1, 0.15) is 12.4 Å². The number of rotatable bonds is 8. The Bertz CT molecular complexity index is 353. The number of para-hydroxylation sites is 2. The fourth-order valence-electron chi connectivity index (χ4n) is 1.34. The van der Waals surface area contributed by atoms with E-state index in [0.717, 1.165) is 6.42 Å². The fourth-order valence-corrected chi connectivity index (χ4v) is 1.34. The van der Waals surface area contributed by atoms with Crippen LogP contribution in [0.25, 0.3) is 0 Å². The first-order valence-corrected chi connectivity index (χ1v) is 6.15. The van der Waals surface area contributed by atoms with Gasteiger partial charge in [-0.05, 0) is 32.4 Å². The molecule has 0 unspecified atom stereocenters. The number of benzene rings is 1. The summed E-state index contributed by atoms with van der Waals surface area (Å²) < 4.78 is 16.3. The molecule has 2 N–H and O–H groups in total. The van der Waals surface area contributed by atoms with E-state index >= 15 is 0 Å². The van der Waals surface area contributed by atoms with Crippen LogP contribution in [0.1, 0.15) is 20.3 Å². The number of hydrogen-bond acceptors (Lipinski definition) is 4.